The Morgan fingerprint density at radius 2 is 1.82 bits per heavy atom. The average molecular weight is 541 g/mol. The van der Waals surface area contributed by atoms with E-state index in [1.165, 1.54) is 22.3 Å². The SMILES string of the molecule is C=C(C)C(=O)OCCOc1ccc2ccccc2c1-c1c(C2CC2CCOC(O)C(=C)C)ccc(/C=C\C)c1C. The van der Waals surface area contributed by atoms with Crippen molar-refractivity contribution in [3.05, 3.63) is 95.6 Å². The van der Waals surface area contributed by atoms with E-state index in [0.29, 0.717) is 29.6 Å². The maximum absolute atomic E-state index is 11.9. The van der Waals surface area contributed by atoms with Gasteiger partial charge in [0.25, 0.3) is 0 Å². The van der Waals surface area contributed by atoms with Gasteiger partial charge in [-0.05, 0) is 97.0 Å². The zero-order chi connectivity index (χ0) is 28.8. The molecule has 0 aromatic heterocycles. The smallest absolute Gasteiger partial charge is 0.333 e. The van der Waals surface area contributed by atoms with Crippen molar-refractivity contribution in [2.45, 2.75) is 52.7 Å². The monoisotopic (exact) mass is 540 g/mol. The molecule has 5 nitrogen and oxygen atoms in total. The Bertz CT molecular complexity index is 1430. The van der Waals surface area contributed by atoms with Crippen LogP contribution in [0.2, 0.25) is 0 Å². The Hall–Kier alpha value is -3.67. The Labute approximate surface area is 237 Å². The third-order valence-corrected chi connectivity index (χ3v) is 7.46. The summed E-state index contributed by atoms with van der Waals surface area (Å²) in [6.45, 7) is 15.9. The number of allylic oxidation sites excluding steroid dienone is 1. The Morgan fingerprint density at radius 3 is 2.55 bits per heavy atom. The highest BCUT2D eigenvalue weighted by molar-refractivity contribution is 6.02. The van der Waals surface area contributed by atoms with E-state index in [4.69, 9.17) is 14.2 Å². The Morgan fingerprint density at radius 1 is 1.05 bits per heavy atom. The molecule has 1 aliphatic rings. The zero-order valence-corrected chi connectivity index (χ0v) is 24.0. The first-order valence-corrected chi connectivity index (χ1v) is 13.9. The number of carbonyl (C=O) groups is 1. The summed E-state index contributed by atoms with van der Waals surface area (Å²) in [5.41, 5.74) is 6.89. The van der Waals surface area contributed by atoms with E-state index >= 15 is 0 Å². The van der Waals surface area contributed by atoms with Gasteiger partial charge in [0.05, 0.1) is 6.61 Å². The van der Waals surface area contributed by atoms with Crippen LogP contribution in [0.4, 0.5) is 0 Å². The fraction of sp³-hybridized carbons (Fsp3) is 0.343. The number of carbonyl (C=O) groups excluding carboxylic acids is 1. The molecule has 0 radical (unpaired) electrons. The highest BCUT2D eigenvalue weighted by Gasteiger charge is 2.40. The summed E-state index contributed by atoms with van der Waals surface area (Å²) < 4.78 is 17.2. The van der Waals surface area contributed by atoms with Crippen molar-refractivity contribution in [1.29, 1.82) is 0 Å². The molecule has 3 unspecified atom stereocenters. The molecule has 3 aromatic rings. The van der Waals surface area contributed by atoms with Crippen LogP contribution >= 0.6 is 0 Å². The summed E-state index contributed by atoms with van der Waals surface area (Å²) in [5, 5.41) is 12.2. The van der Waals surface area contributed by atoms with Crippen LogP contribution in [0.3, 0.4) is 0 Å². The fourth-order valence-corrected chi connectivity index (χ4v) is 5.21. The Balaban J connectivity index is 1.71. The standard InChI is InChI=1S/C35H40O5/c1-7-10-25-13-15-29(30-21-27(30)17-18-39-34(36)22(2)3)32(24(25)6)33-28-12-9-8-11-26(28)14-16-31(33)38-19-20-40-35(37)23(4)5/h7-16,27,30,34,36H,2,4,17-21H2,1,3,5-6H3/b10-7-. The largest absolute Gasteiger partial charge is 0.489 e. The molecule has 1 N–H and O–H groups in total. The summed E-state index contributed by atoms with van der Waals surface area (Å²) in [5.74, 6) is 1.21. The molecule has 210 valence electrons. The molecule has 0 bridgehead atoms. The van der Waals surface area contributed by atoms with Crippen LogP contribution in [0.1, 0.15) is 56.2 Å². The lowest BCUT2D eigenvalue weighted by Crippen LogP contribution is -2.13. The van der Waals surface area contributed by atoms with E-state index in [0.717, 1.165) is 34.9 Å². The molecule has 0 saturated heterocycles. The quantitative estimate of drug-likeness (QED) is 0.0789. The van der Waals surface area contributed by atoms with E-state index in [1.807, 2.05) is 19.1 Å². The van der Waals surface area contributed by atoms with Crippen LogP contribution in [0.25, 0.3) is 28.0 Å². The van der Waals surface area contributed by atoms with Gasteiger partial charge in [-0.1, -0.05) is 67.8 Å². The van der Waals surface area contributed by atoms with E-state index in [-0.39, 0.29) is 13.2 Å². The fourth-order valence-electron chi connectivity index (χ4n) is 5.21. The maximum atomic E-state index is 11.9. The molecule has 1 aliphatic carbocycles. The summed E-state index contributed by atoms with van der Waals surface area (Å²) in [4.78, 5) is 11.9. The molecule has 3 atom stereocenters. The van der Waals surface area contributed by atoms with Gasteiger partial charge in [0.15, 0.2) is 6.29 Å². The van der Waals surface area contributed by atoms with Crippen LogP contribution in [-0.4, -0.2) is 37.2 Å². The number of fused-ring (bicyclic) bond motifs is 1. The highest BCUT2D eigenvalue weighted by Crippen LogP contribution is 2.54. The first-order valence-electron chi connectivity index (χ1n) is 13.9. The number of ether oxygens (including phenoxy) is 3. The minimum atomic E-state index is -0.917. The number of hydrogen-bond acceptors (Lipinski definition) is 5. The van der Waals surface area contributed by atoms with Crippen molar-refractivity contribution in [3.8, 4) is 16.9 Å². The van der Waals surface area contributed by atoms with Gasteiger partial charge in [0.2, 0.25) is 0 Å². The third kappa shape index (κ3) is 6.72. The van der Waals surface area contributed by atoms with Crippen LogP contribution in [0, 0.1) is 12.8 Å². The van der Waals surface area contributed by atoms with Gasteiger partial charge in [-0.2, -0.15) is 0 Å². The summed E-state index contributed by atoms with van der Waals surface area (Å²) in [6.07, 6.45) is 5.23. The second kappa shape index (κ2) is 13.1. The minimum absolute atomic E-state index is 0.142. The average Bonchev–Trinajstić information content (AvgIpc) is 3.71. The summed E-state index contributed by atoms with van der Waals surface area (Å²) in [6, 6.07) is 16.9. The third-order valence-electron chi connectivity index (χ3n) is 7.46. The van der Waals surface area contributed by atoms with E-state index < -0.39 is 12.3 Å². The molecule has 0 spiro atoms. The second-order valence-corrected chi connectivity index (χ2v) is 10.6. The molecule has 0 aliphatic heterocycles. The van der Waals surface area contributed by atoms with Crippen LogP contribution in [0.5, 0.6) is 5.75 Å². The van der Waals surface area contributed by atoms with Gasteiger partial charge in [0, 0.05) is 11.1 Å². The molecule has 1 saturated carbocycles. The first-order chi connectivity index (χ1) is 19.2. The molecule has 4 rings (SSSR count). The van der Waals surface area contributed by atoms with Crippen molar-refractivity contribution in [1.82, 2.24) is 0 Å². The van der Waals surface area contributed by atoms with Gasteiger partial charge < -0.3 is 19.3 Å². The molecular weight excluding hydrogens is 500 g/mol. The van der Waals surface area contributed by atoms with Gasteiger partial charge in [0.1, 0.15) is 19.0 Å². The number of rotatable bonds is 13. The van der Waals surface area contributed by atoms with Crippen molar-refractivity contribution in [3.63, 3.8) is 0 Å². The molecule has 5 heteroatoms. The van der Waals surface area contributed by atoms with Crippen molar-refractivity contribution in [2.24, 2.45) is 5.92 Å². The molecule has 40 heavy (non-hydrogen) atoms. The Kier molecular flexibility index (Phi) is 9.62. The lowest BCUT2D eigenvalue weighted by Gasteiger charge is -2.21. The van der Waals surface area contributed by atoms with Crippen LogP contribution in [-0.2, 0) is 14.3 Å². The van der Waals surface area contributed by atoms with E-state index in [2.05, 4.69) is 68.6 Å². The molecule has 1 fully saturated rings. The normalized spacial score (nSPS) is 17.1. The number of benzene rings is 3. The number of aliphatic hydroxyl groups is 1. The molecule has 0 amide bonds. The number of aliphatic hydroxyl groups excluding tert-OH is 1. The first kappa shape index (κ1) is 29.3. The predicted octanol–water partition coefficient (Wildman–Crippen LogP) is 7.75. The van der Waals surface area contributed by atoms with Crippen molar-refractivity contribution < 1.29 is 24.1 Å². The lowest BCUT2D eigenvalue weighted by atomic mass is 9.86. The second-order valence-electron chi connectivity index (χ2n) is 10.6. The zero-order valence-electron chi connectivity index (χ0n) is 24.0. The molecule has 0 heterocycles. The van der Waals surface area contributed by atoms with E-state index in [1.54, 1.807) is 13.8 Å². The maximum Gasteiger partial charge on any atom is 0.333 e. The minimum Gasteiger partial charge on any atom is -0.489 e. The van der Waals surface area contributed by atoms with Gasteiger partial charge in [-0.15, -0.1) is 0 Å². The van der Waals surface area contributed by atoms with Gasteiger partial charge >= 0.3 is 5.97 Å². The number of hydrogen-bond donors (Lipinski definition) is 1. The predicted molar refractivity (Wildman–Crippen MR) is 162 cm³/mol. The molecular formula is C35H40O5. The highest BCUT2D eigenvalue weighted by atomic mass is 16.6. The summed E-state index contributed by atoms with van der Waals surface area (Å²) >= 11 is 0. The molecule has 3 aromatic carbocycles. The van der Waals surface area contributed by atoms with Crippen molar-refractivity contribution in [2.75, 3.05) is 19.8 Å². The van der Waals surface area contributed by atoms with Crippen molar-refractivity contribution >= 4 is 22.8 Å². The van der Waals surface area contributed by atoms with Crippen LogP contribution < -0.4 is 4.74 Å². The van der Waals surface area contributed by atoms with Gasteiger partial charge in [-0.3, -0.25) is 0 Å². The van der Waals surface area contributed by atoms with E-state index in [9.17, 15) is 9.90 Å². The summed E-state index contributed by atoms with van der Waals surface area (Å²) in [7, 11) is 0. The van der Waals surface area contributed by atoms with Crippen LogP contribution in [0.15, 0.2) is 78.9 Å². The topological polar surface area (TPSA) is 65.0 Å². The lowest BCUT2D eigenvalue weighted by molar-refractivity contribution is -0.139. The van der Waals surface area contributed by atoms with Gasteiger partial charge in [-0.25, -0.2) is 4.79 Å². The number of esters is 1.